The van der Waals surface area contributed by atoms with Crippen LogP contribution in [0.25, 0.3) is 10.2 Å². The van der Waals surface area contributed by atoms with Crippen molar-refractivity contribution in [3.63, 3.8) is 0 Å². The summed E-state index contributed by atoms with van der Waals surface area (Å²) < 4.78 is 33.9. The molecule has 0 spiro atoms. The average molecular weight is 569 g/mol. The minimum absolute atomic E-state index is 0.00515. The Morgan fingerprint density at radius 3 is 2.21 bits per heavy atom. The second-order valence-electron chi connectivity index (χ2n) is 9.12. The van der Waals surface area contributed by atoms with Gasteiger partial charge in [-0.15, -0.1) is 0 Å². The van der Waals surface area contributed by atoms with Crippen LogP contribution >= 0.6 is 11.3 Å². The Hall–Kier alpha value is -3.55. The maximum absolute atomic E-state index is 13.7. The Morgan fingerprint density at radius 2 is 1.64 bits per heavy atom. The van der Waals surface area contributed by atoms with Crippen LogP contribution in [0, 0.1) is 29.6 Å². The molecule has 0 N–H and O–H groups in total. The van der Waals surface area contributed by atoms with E-state index < -0.39 is 10.0 Å². The molecule has 0 unspecified atom stereocenters. The first-order chi connectivity index (χ1) is 18.6. The van der Waals surface area contributed by atoms with E-state index in [-0.39, 0.29) is 36.7 Å². The Kier molecular flexibility index (Phi) is 10.4. The van der Waals surface area contributed by atoms with Crippen LogP contribution in [0.4, 0.5) is 5.13 Å². The van der Waals surface area contributed by atoms with E-state index in [0.29, 0.717) is 34.9 Å². The molecule has 1 aromatic heterocycles. The molecule has 0 fully saturated rings. The summed E-state index contributed by atoms with van der Waals surface area (Å²) in [7, 11) is 1.58. The molecule has 206 valence electrons. The molecule has 2 aromatic carbocycles. The van der Waals surface area contributed by atoms with Gasteiger partial charge in [-0.1, -0.05) is 17.4 Å². The van der Waals surface area contributed by atoms with Gasteiger partial charge in [0.1, 0.15) is 11.3 Å². The number of rotatable bonds is 13. The van der Waals surface area contributed by atoms with Crippen molar-refractivity contribution < 1.29 is 17.9 Å². The number of fused-ring (bicyclic) bond motifs is 1. The predicted molar refractivity (Wildman–Crippen MR) is 151 cm³/mol. The van der Waals surface area contributed by atoms with Gasteiger partial charge in [0.25, 0.3) is 5.91 Å². The molecular formula is C27H32N6O4S2. The summed E-state index contributed by atoms with van der Waals surface area (Å²) in [6.45, 7) is 3.16. The zero-order chi connectivity index (χ0) is 28.6. The molecule has 1 heterocycles. The Morgan fingerprint density at radius 1 is 1.00 bits per heavy atom. The molecule has 0 bridgehead atoms. The fourth-order valence-corrected chi connectivity index (χ4v) is 6.50. The molecule has 0 saturated carbocycles. The van der Waals surface area contributed by atoms with Gasteiger partial charge < -0.3 is 9.64 Å². The normalized spacial score (nSPS) is 11.5. The number of aryl methyl sites for hydroxylation is 1. The average Bonchev–Trinajstić information content (AvgIpc) is 3.37. The van der Waals surface area contributed by atoms with E-state index >= 15 is 0 Å². The monoisotopic (exact) mass is 568 g/mol. The van der Waals surface area contributed by atoms with E-state index in [1.165, 1.54) is 35.6 Å². The fourth-order valence-electron chi connectivity index (χ4n) is 3.98. The largest absolute Gasteiger partial charge is 0.494 e. The minimum atomic E-state index is -3.94. The lowest BCUT2D eigenvalue weighted by Crippen LogP contribution is -2.34. The third-order valence-electron chi connectivity index (χ3n) is 6.06. The summed E-state index contributed by atoms with van der Waals surface area (Å²) >= 11 is 1.42. The van der Waals surface area contributed by atoms with Crippen molar-refractivity contribution in [3.05, 3.63) is 47.5 Å². The number of carbonyl (C=O) groups is 1. The Labute approximate surface area is 233 Å². The number of methoxy groups -OCH3 is 1. The van der Waals surface area contributed by atoms with Gasteiger partial charge >= 0.3 is 0 Å². The SMILES string of the molecule is COc1ccc(C)c2sc(N(CCCN(C)C)C(=O)c3ccc(S(=O)(=O)N(CCC#N)CCC#N)cc3)nc12. The quantitative estimate of drug-likeness (QED) is 0.302. The third kappa shape index (κ3) is 7.11. The van der Waals surface area contributed by atoms with Gasteiger partial charge in [0.05, 0.1) is 28.8 Å². The Bertz CT molecular complexity index is 1470. The maximum Gasteiger partial charge on any atom is 0.260 e. The molecule has 0 aliphatic rings. The van der Waals surface area contributed by atoms with Gasteiger partial charge in [0.15, 0.2) is 5.13 Å². The molecular weight excluding hydrogens is 536 g/mol. The lowest BCUT2D eigenvalue weighted by Gasteiger charge is -2.22. The van der Waals surface area contributed by atoms with Gasteiger partial charge in [-0.3, -0.25) is 9.69 Å². The number of hydrogen-bond donors (Lipinski definition) is 0. The molecule has 0 saturated heterocycles. The van der Waals surface area contributed by atoms with Crippen LogP contribution in [0.5, 0.6) is 5.75 Å². The zero-order valence-corrected chi connectivity index (χ0v) is 24.2. The van der Waals surface area contributed by atoms with Gasteiger partial charge in [0.2, 0.25) is 10.0 Å². The first-order valence-corrected chi connectivity index (χ1v) is 14.6. The number of amides is 1. The van der Waals surface area contributed by atoms with Crippen molar-refractivity contribution >= 4 is 42.6 Å². The topological polar surface area (TPSA) is 131 Å². The van der Waals surface area contributed by atoms with Crippen molar-refractivity contribution in [2.75, 3.05) is 52.3 Å². The number of aromatic nitrogens is 1. The second kappa shape index (κ2) is 13.5. The van der Waals surface area contributed by atoms with Crippen LogP contribution in [0.15, 0.2) is 41.3 Å². The molecule has 0 aliphatic heterocycles. The number of sulfonamides is 1. The standard InChI is InChI=1S/C27H32N6O4S2/c1-20-8-13-23(37-4)24-25(20)38-27(30-24)33(19-7-16-31(2)3)26(34)21-9-11-22(12-10-21)39(35,36)32(17-5-14-28)18-6-15-29/h8-13H,5-7,16-19H2,1-4H3. The molecule has 3 rings (SSSR count). The van der Waals surface area contributed by atoms with Gasteiger partial charge in [-0.05, 0) is 69.9 Å². The highest BCUT2D eigenvalue weighted by atomic mass is 32.2. The minimum Gasteiger partial charge on any atom is -0.494 e. The number of nitriles is 2. The number of hydrogen-bond acceptors (Lipinski definition) is 9. The number of thiazole rings is 1. The molecule has 10 nitrogen and oxygen atoms in total. The highest BCUT2D eigenvalue weighted by molar-refractivity contribution is 7.89. The van der Waals surface area contributed by atoms with Crippen LogP contribution < -0.4 is 9.64 Å². The summed E-state index contributed by atoms with van der Waals surface area (Å²) in [5.74, 6) is 0.338. The summed E-state index contributed by atoms with van der Waals surface area (Å²) in [6.07, 6.45) is 0.731. The van der Waals surface area contributed by atoms with E-state index in [2.05, 4.69) is 0 Å². The van der Waals surface area contributed by atoms with Crippen molar-refractivity contribution in [2.45, 2.75) is 31.1 Å². The zero-order valence-electron chi connectivity index (χ0n) is 22.5. The number of benzene rings is 2. The van der Waals surface area contributed by atoms with E-state index in [1.54, 1.807) is 12.0 Å². The van der Waals surface area contributed by atoms with Crippen molar-refractivity contribution in [3.8, 4) is 17.9 Å². The number of carbonyl (C=O) groups excluding carboxylic acids is 1. The van der Waals surface area contributed by atoms with E-state index in [0.717, 1.165) is 21.1 Å². The van der Waals surface area contributed by atoms with Crippen LogP contribution in [0.3, 0.4) is 0 Å². The summed E-state index contributed by atoms with van der Waals surface area (Å²) in [5.41, 5.74) is 2.05. The van der Waals surface area contributed by atoms with Gasteiger partial charge in [-0.2, -0.15) is 14.8 Å². The highest BCUT2D eigenvalue weighted by Gasteiger charge is 2.26. The van der Waals surface area contributed by atoms with Crippen molar-refractivity contribution in [1.82, 2.24) is 14.2 Å². The lowest BCUT2D eigenvalue weighted by molar-refractivity contribution is 0.0986. The van der Waals surface area contributed by atoms with E-state index in [1.807, 2.05) is 50.2 Å². The van der Waals surface area contributed by atoms with E-state index in [4.69, 9.17) is 20.2 Å². The highest BCUT2D eigenvalue weighted by Crippen LogP contribution is 2.37. The molecule has 0 atom stereocenters. The summed E-state index contributed by atoms with van der Waals surface area (Å²) in [4.78, 5) is 22.1. The molecule has 39 heavy (non-hydrogen) atoms. The third-order valence-corrected chi connectivity index (χ3v) is 9.19. The molecule has 12 heteroatoms. The number of anilines is 1. The molecule has 3 aromatic rings. The molecule has 1 amide bonds. The van der Waals surface area contributed by atoms with Crippen LogP contribution in [-0.4, -0.2) is 75.9 Å². The molecule has 0 aliphatic carbocycles. The maximum atomic E-state index is 13.7. The number of nitrogens with zero attached hydrogens (tertiary/aromatic N) is 6. The van der Waals surface area contributed by atoms with Crippen molar-refractivity contribution in [2.24, 2.45) is 0 Å². The van der Waals surface area contributed by atoms with Crippen molar-refractivity contribution in [1.29, 1.82) is 10.5 Å². The van der Waals surface area contributed by atoms with Crippen LogP contribution in [0.2, 0.25) is 0 Å². The lowest BCUT2D eigenvalue weighted by atomic mass is 10.2. The second-order valence-corrected chi connectivity index (χ2v) is 12.0. The van der Waals surface area contributed by atoms with Gasteiger partial charge in [-0.25, -0.2) is 13.4 Å². The Balaban J connectivity index is 1.95. The predicted octanol–water partition coefficient (Wildman–Crippen LogP) is 4.03. The summed E-state index contributed by atoms with van der Waals surface area (Å²) in [6, 6.07) is 13.4. The summed E-state index contributed by atoms with van der Waals surface area (Å²) in [5, 5.41) is 18.4. The van der Waals surface area contributed by atoms with Crippen LogP contribution in [0.1, 0.15) is 35.2 Å². The van der Waals surface area contributed by atoms with Gasteiger partial charge in [0, 0.05) is 38.0 Å². The van der Waals surface area contributed by atoms with Crippen LogP contribution in [-0.2, 0) is 10.0 Å². The van der Waals surface area contributed by atoms with E-state index in [9.17, 15) is 13.2 Å². The first kappa shape index (κ1) is 30.0. The molecule has 0 radical (unpaired) electrons. The number of ether oxygens (including phenoxy) is 1. The smallest absolute Gasteiger partial charge is 0.260 e. The first-order valence-electron chi connectivity index (χ1n) is 12.4. The fraction of sp³-hybridized carbons (Fsp3) is 0.407.